The summed E-state index contributed by atoms with van der Waals surface area (Å²) in [4.78, 5) is 8.98. The number of benzene rings is 1. The number of rotatable bonds is 8. The molecular weight excluding hydrogens is 326 g/mol. The van der Waals surface area contributed by atoms with Crippen LogP contribution in [-0.4, -0.2) is 24.7 Å². The van der Waals surface area contributed by atoms with Gasteiger partial charge in [-0.15, -0.1) is 0 Å². The predicted molar refractivity (Wildman–Crippen MR) is 103 cm³/mol. The Kier molecular flexibility index (Phi) is 5.89. The number of aryl methyl sites for hydroxylation is 2. The Morgan fingerprint density at radius 1 is 1.12 bits per heavy atom. The molecule has 0 saturated heterocycles. The summed E-state index contributed by atoms with van der Waals surface area (Å²) in [6, 6.07) is 8.08. The van der Waals surface area contributed by atoms with Crippen molar-refractivity contribution in [2.24, 2.45) is 0 Å². The van der Waals surface area contributed by atoms with Crippen molar-refractivity contribution in [3.63, 3.8) is 0 Å². The molecule has 0 unspecified atom stereocenters. The Bertz CT molecular complexity index is 886. The summed E-state index contributed by atoms with van der Waals surface area (Å²) >= 11 is 0. The maximum Gasteiger partial charge on any atom is 0.142 e. The molecule has 3 aromatic rings. The monoisotopic (exact) mass is 353 g/mol. The third kappa shape index (κ3) is 3.73. The SMILES string of the molecule is CCCCCCc1nc2ccccc2n1Cc1c(CO)cnc(C)c1O. The van der Waals surface area contributed by atoms with Gasteiger partial charge in [0, 0.05) is 23.7 Å². The molecule has 0 saturated carbocycles. The Labute approximate surface area is 154 Å². The van der Waals surface area contributed by atoms with Crippen molar-refractivity contribution in [1.29, 1.82) is 0 Å². The first-order valence-corrected chi connectivity index (χ1v) is 9.37. The number of unbranched alkanes of at least 4 members (excludes halogenated alkanes) is 3. The molecule has 138 valence electrons. The molecule has 0 aliphatic rings. The van der Waals surface area contributed by atoms with E-state index in [1.807, 2.05) is 18.2 Å². The Hall–Kier alpha value is -2.40. The molecule has 0 amide bonds. The smallest absolute Gasteiger partial charge is 0.142 e. The van der Waals surface area contributed by atoms with E-state index >= 15 is 0 Å². The number of aromatic hydroxyl groups is 1. The number of aromatic nitrogens is 3. The number of hydrogen-bond acceptors (Lipinski definition) is 4. The van der Waals surface area contributed by atoms with Crippen molar-refractivity contribution in [3.05, 3.63) is 53.1 Å². The summed E-state index contributed by atoms with van der Waals surface area (Å²) in [7, 11) is 0. The second-order valence-corrected chi connectivity index (χ2v) is 6.77. The number of pyridine rings is 1. The highest BCUT2D eigenvalue weighted by molar-refractivity contribution is 5.76. The zero-order valence-electron chi connectivity index (χ0n) is 15.6. The Balaban J connectivity index is 2.00. The fourth-order valence-corrected chi connectivity index (χ4v) is 3.36. The highest BCUT2D eigenvalue weighted by Crippen LogP contribution is 2.27. The van der Waals surface area contributed by atoms with Crippen LogP contribution in [0.2, 0.25) is 0 Å². The standard InChI is InChI=1S/C21H27N3O2/c1-3-4-5-6-11-20-23-18-9-7-8-10-19(18)24(20)13-17-16(14-25)12-22-15(2)21(17)26/h7-10,12,25-26H,3-6,11,13-14H2,1-2H3. The molecule has 2 aromatic heterocycles. The van der Waals surface area contributed by atoms with Crippen LogP contribution in [0.4, 0.5) is 0 Å². The number of para-hydroxylation sites is 2. The zero-order chi connectivity index (χ0) is 18.5. The van der Waals surface area contributed by atoms with Gasteiger partial charge >= 0.3 is 0 Å². The van der Waals surface area contributed by atoms with Gasteiger partial charge in [0.05, 0.1) is 29.9 Å². The molecule has 2 N–H and O–H groups in total. The van der Waals surface area contributed by atoms with E-state index in [0.717, 1.165) is 35.3 Å². The van der Waals surface area contributed by atoms with Crippen molar-refractivity contribution in [2.75, 3.05) is 0 Å². The molecule has 0 atom stereocenters. The lowest BCUT2D eigenvalue weighted by Gasteiger charge is -2.15. The fourth-order valence-electron chi connectivity index (χ4n) is 3.36. The van der Waals surface area contributed by atoms with E-state index < -0.39 is 0 Å². The number of aliphatic hydroxyl groups excluding tert-OH is 1. The Morgan fingerprint density at radius 2 is 1.92 bits per heavy atom. The molecule has 0 radical (unpaired) electrons. The van der Waals surface area contributed by atoms with Crippen LogP contribution in [0.25, 0.3) is 11.0 Å². The van der Waals surface area contributed by atoms with Gasteiger partial charge in [0.15, 0.2) is 0 Å². The third-order valence-corrected chi connectivity index (χ3v) is 4.90. The van der Waals surface area contributed by atoms with Gasteiger partial charge in [-0.2, -0.15) is 0 Å². The van der Waals surface area contributed by atoms with E-state index in [9.17, 15) is 10.2 Å². The van der Waals surface area contributed by atoms with E-state index in [4.69, 9.17) is 4.98 Å². The first-order valence-electron chi connectivity index (χ1n) is 9.37. The van der Waals surface area contributed by atoms with Gasteiger partial charge in [-0.05, 0) is 25.5 Å². The molecule has 3 rings (SSSR count). The van der Waals surface area contributed by atoms with E-state index in [1.54, 1.807) is 13.1 Å². The average Bonchev–Trinajstić information content (AvgIpc) is 3.00. The number of imidazole rings is 1. The first kappa shape index (κ1) is 18.4. The molecule has 5 nitrogen and oxygen atoms in total. The van der Waals surface area contributed by atoms with Crippen molar-refractivity contribution < 1.29 is 10.2 Å². The molecule has 26 heavy (non-hydrogen) atoms. The lowest BCUT2D eigenvalue weighted by molar-refractivity contribution is 0.278. The summed E-state index contributed by atoms with van der Waals surface area (Å²) in [5.74, 6) is 1.19. The van der Waals surface area contributed by atoms with Crippen LogP contribution in [0.3, 0.4) is 0 Å². The van der Waals surface area contributed by atoms with Gasteiger partial charge in [0.2, 0.25) is 0 Å². The van der Waals surface area contributed by atoms with Gasteiger partial charge in [-0.3, -0.25) is 4.98 Å². The summed E-state index contributed by atoms with van der Waals surface area (Å²) in [6.07, 6.45) is 7.30. The van der Waals surface area contributed by atoms with Crippen LogP contribution in [0.15, 0.2) is 30.5 Å². The molecule has 0 aliphatic carbocycles. The van der Waals surface area contributed by atoms with Crippen molar-refractivity contribution in [3.8, 4) is 5.75 Å². The number of hydrogen-bond donors (Lipinski definition) is 2. The van der Waals surface area contributed by atoms with E-state index in [1.165, 1.54) is 19.3 Å². The second kappa shape index (κ2) is 8.32. The van der Waals surface area contributed by atoms with Crippen molar-refractivity contribution >= 4 is 11.0 Å². The lowest BCUT2D eigenvalue weighted by Crippen LogP contribution is -2.09. The quantitative estimate of drug-likeness (QED) is 0.598. The van der Waals surface area contributed by atoms with Gasteiger partial charge in [0.25, 0.3) is 0 Å². The first-order chi connectivity index (χ1) is 12.7. The summed E-state index contributed by atoms with van der Waals surface area (Å²) in [6.45, 7) is 4.32. The van der Waals surface area contributed by atoms with Crippen LogP contribution in [0.1, 0.15) is 55.3 Å². The predicted octanol–water partition coefficient (Wildman–Crippen LogP) is 4.11. The summed E-state index contributed by atoms with van der Waals surface area (Å²) < 4.78 is 2.16. The molecule has 2 heterocycles. The molecule has 0 fully saturated rings. The summed E-state index contributed by atoms with van der Waals surface area (Å²) in [5.41, 5.74) is 3.97. The zero-order valence-corrected chi connectivity index (χ0v) is 15.6. The van der Waals surface area contributed by atoms with Gasteiger partial charge in [0.1, 0.15) is 11.6 Å². The minimum atomic E-state index is -0.144. The maximum absolute atomic E-state index is 10.5. The van der Waals surface area contributed by atoms with Gasteiger partial charge < -0.3 is 14.8 Å². The normalized spacial score (nSPS) is 11.3. The van der Waals surface area contributed by atoms with Crippen molar-refractivity contribution in [2.45, 2.75) is 59.1 Å². The van der Waals surface area contributed by atoms with E-state index in [2.05, 4.69) is 22.5 Å². The average molecular weight is 353 g/mol. The summed E-state index contributed by atoms with van der Waals surface area (Å²) in [5, 5.41) is 20.2. The van der Waals surface area contributed by atoms with Crippen molar-refractivity contribution in [1.82, 2.24) is 14.5 Å². The van der Waals surface area contributed by atoms with Gasteiger partial charge in [-0.25, -0.2) is 4.98 Å². The van der Waals surface area contributed by atoms with E-state index in [0.29, 0.717) is 17.8 Å². The molecule has 0 bridgehead atoms. The number of fused-ring (bicyclic) bond motifs is 1. The fraction of sp³-hybridized carbons (Fsp3) is 0.429. The lowest BCUT2D eigenvalue weighted by atomic mass is 10.1. The maximum atomic E-state index is 10.5. The number of aliphatic hydroxyl groups is 1. The molecular formula is C21H27N3O2. The van der Waals surface area contributed by atoms with Crippen LogP contribution < -0.4 is 0 Å². The molecule has 0 aliphatic heterocycles. The van der Waals surface area contributed by atoms with E-state index in [-0.39, 0.29) is 12.4 Å². The van der Waals surface area contributed by atoms with Crippen LogP contribution in [-0.2, 0) is 19.6 Å². The molecule has 0 spiro atoms. The Morgan fingerprint density at radius 3 is 2.69 bits per heavy atom. The van der Waals surface area contributed by atoms with Crippen LogP contribution in [0.5, 0.6) is 5.75 Å². The highest BCUT2D eigenvalue weighted by Gasteiger charge is 2.16. The topological polar surface area (TPSA) is 71.2 Å². The van der Waals surface area contributed by atoms with Gasteiger partial charge in [-0.1, -0.05) is 38.3 Å². The largest absolute Gasteiger partial charge is 0.506 e. The minimum Gasteiger partial charge on any atom is -0.506 e. The second-order valence-electron chi connectivity index (χ2n) is 6.77. The molecule has 1 aromatic carbocycles. The number of nitrogens with zero attached hydrogens (tertiary/aromatic N) is 3. The minimum absolute atomic E-state index is 0.144. The third-order valence-electron chi connectivity index (χ3n) is 4.90. The highest BCUT2D eigenvalue weighted by atomic mass is 16.3. The molecule has 5 heteroatoms. The van der Waals surface area contributed by atoms with Crippen LogP contribution in [0, 0.1) is 6.92 Å². The van der Waals surface area contributed by atoms with Crippen LogP contribution >= 0.6 is 0 Å².